The van der Waals surface area contributed by atoms with Crippen LogP contribution in [-0.4, -0.2) is 11.1 Å². The molecule has 0 saturated carbocycles. The van der Waals surface area contributed by atoms with E-state index in [2.05, 4.69) is 12.4 Å². The van der Waals surface area contributed by atoms with E-state index in [9.17, 15) is 4.79 Å². The second-order valence-electron chi connectivity index (χ2n) is 2.01. The molecular weight excluding hydrogens is 142 g/mol. The van der Waals surface area contributed by atoms with Crippen molar-refractivity contribution in [3.63, 3.8) is 0 Å². The van der Waals surface area contributed by atoms with Crippen molar-refractivity contribution in [3.05, 3.63) is 42.2 Å². The number of benzene rings is 1. The van der Waals surface area contributed by atoms with E-state index in [4.69, 9.17) is 5.11 Å². The third-order valence-electron chi connectivity index (χ3n) is 1.28. The molecule has 0 bridgehead atoms. The highest BCUT2D eigenvalue weighted by Gasteiger charge is 1.98. The molecule has 0 unspecified atom stereocenters. The molecule has 0 aromatic heterocycles. The van der Waals surface area contributed by atoms with E-state index in [1.54, 1.807) is 12.1 Å². The molecule has 0 fully saturated rings. The Morgan fingerprint density at radius 2 is 2.27 bits per heavy atom. The molecule has 0 saturated heterocycles. The van der Waals surface area contributed by atoms with Crippen molar-refractivity contribution in [1.82, 2.24) is 0 Å². The van der Waals surface area contributed by atoms with Gasteiger partial charge in [-0.3, -0.25) is 0 Å². The smallest absolute Gasteiger partial charge is 0.335 e. The molecule has 1 aromatic rings. The average molecular weight is 149 g/mol. The molecule has 0 radical (unpaired) electrons. The highest BCUT2D eigenvalue weighted by Crippen LogP contribution is 2.17. The maximum Gasteiger partial charge on any atom is 0.335 e. The zero-order chi connectivity index (χ0) is 8.27. The summed E-state index contributed by atoms with van der Waals surface area (Å²) in [5.41, 5.74) is 0.805. The van der Waals surface area contributed by atoms with Crippen LogP contribution < -0.4 is 0 Å². The highest BCUT2D eigenvalue weighted by atomic mass is 16.4. The molecule has 3 nitrogen and oxygen atoms in total. The monoisotopic (exact) mass is 149 g/mol. The zero-order valence-electron chi connectivity index (χ0n) is 5.82. The molecule has 1 aromatic carbocycles. The molecule has 11 heavy (non-hydrogen) atoms. The van der Waals surface area contributed by atoms with Crippen LogP contribution in [0.3, 0.4) is 0 Å². The Bertz CT molecular complexity index is 271. The van der Waals surface area contributed by atoms with Gasteiger partial charge in [-0.2, -0.15) is 0 Å². The summed E-state index contributed by atoms with van der Waals surface area (Å²) in [5, 5.41) is 12.1. The first kappa shape index (κ1) is 7.47. The van der Waals surface area contributed by atoms with Crippen LogP contribution in [0.1, 0.15) is 10.4 Å². The Morgan fingerprint density at radius 1 is 1.55 bits per heavy atom. The minimum atomic E-state index is -0.949. The summed E-state index contributed by atoms with van der Waals surface area (Å²) in [7, 11) is 3.29. The SMILES string of the molecule is [CH2+][N-]c1cccc(C(=O)O)c1. The van der Waals surface area contributed by atoms with Crippen molar-refractivity contribution in [2.75, 3.05) is 0 Å². The first-order chi connectivity index (χ1) is 5.24. The lowest BCUT2D eigenvalue weighted by molar-refractivity contribution is 0.0697. The number of aromatic carboxylic acids is 1. The van der Waals surface area contributed by atoms with Crippen LogP contribution in [0.5, 0.6) is 0 Å². The van der Waals surface area contributed by atoms with Gasteiger partial charge in [0.05, 0.1) is 5.56 Å². The van der Waals surface area contributed by atoms with Gasteiger partial charge in [0, 0.05) is 7.05 Å². The van der Waals surface area contributed by atoms with Gasteiger partial charge in [-0.15, -0.1) is 5.69 Å². The number of nitrogens with zero attached hydrogens (tertiary/aromatic N) is 1. The summed E-state index contributed by atoms with van der Waals surface area (Å²) in [6.07, 6.45) is 0. The Hall–Kier alpha value is -1.64. The molecule has 56 valence electrons. The standard InChI is InChI=1S/C8H7NO2/c1-9-7-4-2-3-6(5-7)8(10)11/h2-5H,1H2,(H,10,11). The Balaban J connectivity index is 3.01. The van der Waals surface area contributed by atoms with E-state index in [1.165, 1.54) is 12.1 Å². The first-order valence-corrected chi connectivity index (χ1v) is 3.04. The average Bonchev–Trinajstić information content (AvgIpc) is 2.05. The molecule has 0 aliphatic heterocycles. The fraction of sp³-hybridized carbons (Fsp3) is 0. The minimum absolute atomic E-state index is 0.231. The zero-order valence-corrected chi connectivity index (χ0v) is 5.82. The third kappa shape index (κ3) is 1.64. The van der Waals surface area contributed by atoms with Crippen LogP contribution in [0.15, 0.2) is 24.3 Å². The molecule has 1 N–H and O–H groups in total. The van der Waals surface area contributed by atoms with Gasteiger partial charge in [0.15, 0.2) is 0 Å². The number of carboxylic acids is 1. The van der Waals surface area contributed by atoms with Crippen LogP contribution in [0.4, 0.5) is 5.69 Å². The van der Waals surface area contributed by atoms with Crippen molar-refractivity contribution in [3.8, 4) is 0 Å². The van der Waals surface area contributed by atoms with Crippen molar-refractivity contribution < 1.29 is 9.90 Å². The summed E-state index contributed by atoms with van der Waals surface area (Å²) >= 11 is 0. The normalized spacial score (nSPS) is 9.09. The lowest BCUT2D eigenvalue weighted by atomic mass is 10.2. The van der Waals surface area contributed by atoms with Gasteiger partial charge in [0.1, 0.15) is 0 Å². The van der Waals surface area contributed by atoms with Gasteiger partial charge in [0.2, 0.25) is 0 Å². The van der Waals surface area contributed by atoms with Crippen LogP contribution in [0, 0.1) is 7.05 Å². The van der Waals surface area contributed by atoms with E-state index in [-0.39, 0.29) is 5.56 Å². The number of carbonyl (C=O) groups is 1. The highest BCUT2D eigenvalue weighted by molar-refractivity contribution is 5.88. The lowest BCUT2D eigenvalue weighted by Gasteiger charge is -2.05. The predicted octanol–water partition coefficient (Wildman–Crippen LogP) is 2.18. The number of hydrogen-bond donors (Lipinski definition) is 1. The third-order valence-corrected chi connectivity index (χ3v) is 1.28. The molecule has 0 atom stereocenters. The fourth-order valence-corrected chi connectivity index (χ4v) is 0.737. The van der Waals surface area contributed by atoms with Crippen LogP contribution >= 0.6 is 0 Å². The summed E-state index contributed by atoms with van der Waals surface area (Å²) < 4.78 is 0. The summed E-state index contributed by atoms with van der Waals surface area (Å²) in [5.74, 6) is -0.949. The lowest BCUT2D eigenvalue weighted by Crippen LogP contribution is -1.94. The largest absolute Gasteiger partial charge is 0.491 e. The molecule has 3 heteroatoms. The molecule has 0 spiro atoms. The maximum absolute atomic E-state index is 10.4. The van der Waals surface area contributed by atoms with Crippen molar-refractivity contribution >= 4 is 11.7 Å². The van der Waals surface area contributed by atoms with Gasteiger partial charge in [-0.05, 0) is 6.07 Å². The van der Waals surface area contributed by atoms with Gasteiger partial charge < -0.3 is 10.4 Å². The molecular formula is C8H7NO2. The van der Waals surface area contributed by atoms with Crippen molar-refractivity contribution in [1.29, 1.82) is 0 Å². The van der Waals surface area contributed by atoms with Crippen LogP contribution in [-0.2, 0) is 0 Å². The molecule has 0 amide bonds. The van der Waals surface area contributed by atoms with E-state index < -0.39 is 5.97 Å². The quantitative estimate of drug-likeness (QED) is 0.655. The Morgan fingerprint density at radius 3 is 2.82 bits per heavy atom. The van der Waals surface area contributed by atoms with E-state index in [0.717, 1.165) is 0 Å². The Kier molecular flexibility index (Phi) is 2.01. The minimum Gasteiger partial charge on any atom is -0.491 e. The number of carboxylic acid groups (broad SMARTS) is 1. The number of hydrogen-bond acceptors (Lipinski definition) is 1. The summed E-state index contributed by atoms with van der Waals surface area (Å²) in [6.45, 7) is 0. The van der Waals surface area contributed by atoms with Gasteiger partial charge in [-0.25, -0.2) is 4.79 Å². The topological polar surface area (TPSA) is 51.4 Å². The van der Waals surface area contributed by atoms with E-state index in [0.29, 0.717) is 5.69 Å². The molecule has 0 aliphatic carbocycles. The molecule has 0 aliphatic rings. The van der Waals surface area contributed by atoms with Crippen molar-refractivity contribution in [2.45, 2.75) is 0 Å². The molecule has 1 rings (SSSR count). The number of rotatable bonds is 2. The van der Waals surface area contributed by atoms with Crippen LogP contribution in [0.25, 0.3) is 5.32 Å². The van der Waals surface area contributed by atoms with Crippen molar-refractivity contribution in [2.24, 2.45) is 0 Å². The predicted molar refractivity (Wildman–Crippen MR) is 41.8 cm³/mol. The first-order valence-electron chi connectivity index (χ1n) is 3.04. The summed E-state index contributed by atoms with van der Waals surface area (Å²) in [4.78, 5) is 10.4. The maximum atomic E-state index is 10.4. The van der Waals surface area contributed by atoms with E-state index >= 15 is 0 Å². The van der Waals surface area contributed by atoms with Crippen LogP contribution in [0.2, 0.25) is 0 Å². The van der Waals surface area contributed by atoms with Gasteiger partial charge in [0.25, 0.3) is 0 Å². The Labute approximate surface area is 64.7 Å². The fourth-order valence-electron chi connectivity index (χ4n) is 0.737. The second kappa shape index (κ2) is 2.96. The van der Waals surface area contributed by atoms with Gasteiger partial charge in [-0.1, -0.05) is 18.2 Å². The van der Waals surface area contributed by atoms with E-state index in [1.807, 2.05) is 0 Å². The second-order valence-corrected chi connectivity index (χ2v) is 2.01. The summed E-state index contributed by atoms with van der Waals surface area (Å²) in [6, 6.07) is 6.30. The van der Waals surface area contributed by atoms with Gasteiger partial charge >= 0.3 is 5.97 Å². The molecule has 0 heterocycles.